The van der Waals surface area contributed by atoms with Crippen LogP contribution in [0.2, 0.25) is 5.02 Å². The number of hydrogen-bond acceptors (Lipinski definition) is 3. The molecule has 0 fully saturated rings. The molecule has 2 N–H and O–H groups in total. The number of nitrogens with zero attached hydrogens (tertiary/aromatic N) is 1. The van der Waals surface area contributed by atoms with Crippen LogP contribution in [0.15, 0.2) is 78.9 Å². The second kappa shape index (κ2) is 11.1. The highest BCUT2D eigenvalue weighted by atomic mass is 35.5. The Hall–Kier alpha value is -3.77. The van der Waals surface area contributed by atoms with Crippen LogP contribution in [0.5, 0.6) is 0 Å². The van der Waals surface area contributed by atoms with Crippen molar-refractivity contribution in [3.8, 4) is 11.3 Å². The van der Waals surface area contributed by atoms with E-state index in [4.69, 9.17) is 11.6 Å². The molecule has 5 nitrogen and oxygen atoms in total. The molecule has 0 saturated carbocycles. The van der Waals surface area contributed by atoms with Crippen molar-refractivity contribution >= 4 is 34.4 Å². The van der Waals surface area contributed by atoms with Crippen molar-refractivity contribution in [2.45, 2.75) is 19.3 Å². The summed E-state index contributed by atoms with van der Waals surface area (Å²) in [6.45, 7) is 0.360. The normalized spacial score (nSPS) is 11.8. The third kappa shape index (κ3) is 6.22. The maximum Gasteiger partial charge on any atom is 0.306 e. The number of fused-ring (bicyclic) bond motifs is 1. The number of aromatic nitrogens is 1. The average molecular weight is 491 g/mol. The molecular weight excluding hydrogens is 467 g/mol. The van der Waals surface area contributed by atoms with E-state index in [0.717, 1.165) is 5.56 Å². The number of carbonyl (C=O) groups excluding carboxylic acids is 1. The van der Waals surface area contributed by atoms with Crippen LogP contribution < -0.4 is 5.32 Å². The number of carbonyl (C=O) groups is 2. The minimum Gasteiger partial charge on any atom is -0.481 e. The van der Waals surface area contributed by atoms with Gasteiger partial charge in [0.05, 0.1) is 22.2 Å². The quantitative estimate of drug-likeness (QED) is 0.276. The fraction of sp³-hybridized carbons (Fsp3) is 0.179. The SMILES string of the molecule is O=C(NCCCC(Cc1ccccc1)C(=O)O)c1ccc2c(Cl)cc(-c3ccc(F)cc3)nc2c1. The third-order valence-corrected chi connectivity index (χ3v) is 6.16. The molecule has 1 heterocycles. The number of amides is 1. The lowest BCUT2D eigenvalue weighted by Gasteiger charge is -2.13. The van der Waals surface area contributed by atoms with E-state index in [1.165, 1.54) is 12.1 Å². The van der Waals surface area contributed by atoms with Gasteiger partial charge in [-0.05, 0) is 67.3 Å². The van der Waals surface area contributed by atoms with Crippen LogP contribution in [0.25, 0.3) is 22.2 Å². The van der Waals surface area contributed by atoms with E-state index < -0.39 is 11.9 Å². The van der Waals surface area contributed by atoms with Gasteiger partial charge in [-0.15, -0.1) is 0 Å². The molecule has 1 atom stereocenters. The van der Waals surface area contributed by atoms with Crippen LogP contribution in [0, 0.1) is 11.7 Å². The van der Waals surface area contributed by atoms with Crippen molar-refractivity contribution in [1.82, 2.24) is 10.3 Å². The predicted octanol–water partition coefficient (Wildman–Crippen LogP) is 6.15. The summed E-state index contributed by atoms with van der Waals surface area (Å²) in [5, 5.41) is 13.6. The Balaban J connectivity index is 1.40. The summed E-state index contributed by atoms with van der Waals surface area (Å²) in [7, 11) is 0. The van der Waals surface area contributed by atoms with Gasteiger partial charge in [0.1, 0.15) is 5.82 Å². The van der Waals surface area contributed by atoms with Gasteiger partial charge < -0.3 is 10.4 Å². The molecule has 4 aromatic rings. The number of carboxylic acids is 1. The van der Waals surface area contributed by atoms with Gasteiger partial charge in [0, 0.05) is 23.1 Å². The zero-order valence-electron chi connectivity index (χ0n) is 18.9. The molecule has 178 valence electrons. The van der Waals surface area contributed by atoms with E-state index in [1.807, 2.05) is 30.3 Å². The van der Waals surface area contributed by atoms with E-state index >= 15 is 0 Å². The van der Waals surface area contributed by atoms with Crippen LogP contribution in [0.3, 0.4) is 0 Å². The number of aliphatic carboxylic acids is 1. The molecule has 0 bridgehead atoms. The molecule has 1 aromatic heterocycles. The number of hydrogen-bond donors (Lipinski definition) is 2. The molecule has 7 heteroatoms. The Bertz CT molecular complexity index is 1340. The molecule has 0 spiro atoms. The molecule has 0 saturated heterocycles. The van der Waals surface area contributed by atoms with Crippen LogP contribution in [0.1, 0.15) is 28.8 Å². The topological polar surface area (TPSA) is 79.3 Å². The Labute approximate surface area is 207 Å². The highest BCUT2D eigenvalue weighted by molar-refractivity contribution is 6.35. The molecule has 0 aliphatic carbocycles. The standard InChI is InChI=1S/C28H24ClFN2O3/c29-24-17-25(19-8-11-22(30)12-9-19)32-26-16-20(10-13-23(24)26)27(33)31-14-4-7-21(28(34)35)15-18-5-2-1-3-6-18/h1-3,5-6,8-13,16-17,21H,4,7,14-15H2,(H,31,33)(H,34,35). The Morgan fingerprint density at radius 2 is 1.74 bits per heavy atom. The lowest BCUT2D eigenvalue weighted by molar-refractivity contribution is -0.141. The van der Waals surface area contributed by atoms with Crippen molar-refractivity contribution in [3.63, 3.8) is 0 Å². The van der Waals surface area contributed by atoms with Crippen molar-refractivity contribution in [2.75, 3.05) is 6.54 Å². The zero-order valence-corrected chi connectivity index (χ0v) is 19.6. The van der Waals surface area contributed by atoms with Crippen LogP contribution >= 0.6 is 11.6 Å². The van der Waals surface area contributed by atoms with Crippen LogP contribution in [-0.4, -0.2) is 28.5 Å². The summed E-state index contributed by atoms with van der Waals surface area (Å²) < 4.78 is 13.3. The smallest absolute Gasteiger partial charge is 0.306 e. The van der Waals surface area contributed by atoms with Crippen molar-refractivity contribution in [2.24, 2.45) is 5.92 Å². The van der Waals surface area contributed by atoms with Crippen LogP contribution in [0.4, 0.5) is 4.39 Å². The summed E-state index contributed by atoms with van der Waals surface area (Å²) in [5.41, 5.74) is 3.26. The van der Waals surface area contributed by atoms with Gasteiger partial charge >= 0.3 is 5.97 Å². The fourth-order valence-electron chi connectivity index (χ4n) is 3.96. The van der Waals surface area contributed by atoms with E-state index in [9.17, 15) is 19.1 Å². The lowest BCUT2D eigenvalue weighted by atomic mass is 9.95. The lowest BCUT2D eigenvalue weighted by Crippen LogP contribution is -2.26. The number of halogens is 2. The van der Waals surface area contributed by atoms with Crippen molar-refractivity contribution < 1.29 is 19.1 Å². The predicted molar refractivity (Wildman–Crippen MR) is 135 cm³/mol. The molecule has 4 rings (SSSR count). The van der Waals surface area contributed by atoms with Gasteiger partial charge in [-0.2, -0.15) is 0 Å². The highest BCUT2D eigenvalue weighted by Gasteiger charge is 2.18. The van der Waals surface area contributed by atoms with Gasteiger partial charge in [-0.25, -0.2) is 9.37 Å². The zero-order chi connectivity index (χ0) is 24.8. The van der Waals surface area contributed by atoms with Gasteiger partial charge in [-0.3, -0.25) is 9.59 Å². The molecule has 35 heavy (non-hydrogen) atoms. The Morgan fingerprint density at radius 1 is 1.00 bits per heavy atom. The number of rotatable bonds is 9. The van der Waals surface area contributed by atoms with Gasteiger partial charge in [-0.1, -0.05) is 48.0 Å². The third-order valence-electron chi connectivity index (χ3n) is 5.85. The van der Waals surface area contributed by atoms with Gasteiger partial charge in [0.2, 0.25) is 0 Å². The molecule has 3 aromatic carbocycles. The van der Waals surface area contributed by atoms with Crippen LogP contribution in [-0.2, 0) is 11.2 Å². The second-order valence-corrected chi connectivity index (χ2v) is 8.76. The van der Waals surface area contributed by atoms with Crippen molar-refractivity contribution in [1.29, 1.82) is 0 Å². The number of benzene rings is 3. The molecule has 0 radical (unpaired) electrons. The summed E-state index contributed by atoms with van der Waals surface area (Å²) in [4.78, 5) is 28.9. The molecule has 0 aliphatic heterocycles. The maximum atomic E-state index is 13.3. The summed E-state index contributed by atoms with van der Waals surface area (Å²) >= 11 is 6.43. The summed E-state index contributed by atoms with van der Waals surface area (Å²) in [5.74, 6) is -1.96. The summed E-state index contributed by atoms with van der Waals surface area (Å²) in [6.07, 6.45) is 1.46. The van der Waals surface area contributed by atoms with E-state index in [-0.39, 0.29) is 11.7 Å². The summed E-state index contributed by atoms with van der Waals surface area (Å²) in [6, 6.07) is 22.3. The highest BCUT2D eigenvalue weighted by Crippen LogP contribution is 2.29. The van der Waals surface area contributed by atoms with Crippen molar-refractivity contribution in [3.05, 3.63) is 101 Å². The molecule has 1 unspecified atom stereocenters. The fourth-order valence-corrected chi connectivity index (χ4v) is 4.22. The first-order valence-corrected chi connectivity index (χ1v) is 11.7. The van der Waals surface area contributed by atoms with E-state index in [2.05, 4.69) is 10.3 Å². The largest absolute Gasteiger partial charge is 0.481 e. The van der Waals surface area contributed by atoms with E-state index in [0.29, 0.717) is 58.6 Å². The van der Waals surface area contributed by atoms with Gasteiger partial charge in [0.15, 0.2) is 0 Å². The van der Waals surface area contributed by atoms with E-state index in [1.54, 1.807) is 36.4 Å². The average Bonchev–Trinajstić information content (AvgIpc) is 2.86. The molecular formula is C28H24ClFN2O3. The monoisotopic (exact) mass is 490 g/mol. The first-order valence-electron chi connectivity index (χ1n) is 11.3. The molecule has 1 amide bonds. The minimum atomic E-state index is -0.838. The Morgan fingerprint density at radius 3 is 2.46 bits per heavy atom. The Kier molecular flexibility index (Phi) is 7.73. The minimum absolute atomic E-state index is 0.271. The number of nitrogens with one attached hydrogen (secondary N) is 1. The maximum absolute atomic E-state index is 13.3. The first kappa shape index (κ1) is 24.4. The molecule has 0 aliphatic rings. The second-order valence-electron chi connectivity index (χ2n) is 8.35. The number of pyridine rings is 1. The van der Waals surface area contributed by atoms with Gasteiger partial charge in [0.25, 0.3) is 5.91 Å². The number of carboxylic acid groups (broad SMARTS) is 1. The first-order chi connectivity index (χ1) is 16.9.